The van der Waals surface area contributed by atoms with Gasteiger partial charge in [0.2, 0.25) is 0 Å². The van der Waals surface area contributed by atoms with Gasteiger partial charge in [0.1, 0.15) is 0 Å². The molecule has 6 heteroatoms. The van der Waals surface area contributed by atoms with Crippen LogP contribution in [-0.2, 0) is 0 Å². The number of aryl methyl sites for hydroxylation is 2. The van der Waals surface area contributed by atoms with Crippen LogP contribution in [0.5, 0.6) is 0 Å². The SMILES string of the molecule is Cc1ccc(C(=O)CSc2nn(-c3ccccc3)c(=S)s2)c(C)c1. The Hall–Kier alpha value is -1.76. The van der Waals surface area contributed by atoms with E-state index in [1.54, 1.807) is 4.68 Å². The molecule has 0 aliphatic carbocycles. The zero-order valence-corrected chi connectivity index (χ0v) is 15.8. The first-order chi connectivity index (χ1) is 11.5. The summed E-state index contributed by atoms with van der Waals surface area (Å²) in [5.41, 5.74) is 3.89. The number of thioether (sulfide) groups is 1. The van der Waals surface area contributed by atoms with Crippen molar-refractivity contribution < 1.29 is 4.79 Å². The smallest absolute Gasteiger partial charge is 0.184 e. The van der Waals surface area contributed by atoms with E-state index < -0.39 is 0 Å². The fourth-order valence-electron chi connectivity index (χ4n) is 2.38. The minimum absolute atomic E-state index is 0.116. The van der Waals surface area contributed by atoms with Gasteiger partial charge in [-0.3, -0.25) is 4.79 Å². The van der Waals surface area contributed by atoms with Crippen LogP contribution >= 0.6 is 35.3 Å². The number of hydrogen-bond acceptors (Lipinski definition) is 5. The molecule has 1 heterocycles. The topological polar surface area (TPSA) is 34.9 Å². The van der Waals surface area contributed by atoms with Crippen LogP contribution in [-0.4, -0.2) is 21.3 Å². The van der Waals surface area contributed by atoms with Crippen LogP contribution in [0.2, 0.25) is 0 Å². The van der Waals surface area contributed by atoms with Gasteiger partial charge in [0.25, 0.3) is 0 Å². The third-order valence-electron chi connectivity index (χ3n) is 3.54. The van der Waals surface area contributed by atoms with Crippen molar-refractivity contribution in [2.75, 3.05) is 5.75 Å². The lowest BCUT2D eigenvalue weighted by Crippen LogP contribution is -2.05. The second-order valence-electron chi connectivity index (χ2n) is 5.41. The lowest BCUT2D eigenvalue weighted by Gasteiger charge is -2.05. The van der Waals surface area contributed by atoms with Crippen LogP contribution in [0, 0.1) is 17.8 Å². The molecule has 3 aromatic rings. The highest BCUT2D eigenvalue weighted by Gasteiger charge is 2.12. The maximum Gasteiger partial charge on any atom is 0.184 e. The van der Waals surface area contributed by atoms with Gasteiger partial charge < -0.3 is 0 Å². The van der Waals surface area contributed by atoms with Crippen molar-refractivity contribution in [3.8, 4) is 5.69 Å². The molecule has 0 fully saturated rings. The average Bonchev–Trinajstić information content (AvgIpc) is 2.94. The molecular formula is C18H16N2OS3. The van der Waals surface area contributed by atoms with Crippen LogP contribution in [0.4, 0.5) is 0 Å². The van der Waals surface area contributed by atoms with E-state index in [2.05, 4.69) is 5.10 Å². The van der Waals surface area contributed by atoms with Crippen molar-refractivity contribution >= 4 is 41.1 Å². The maximum absolute atomic E-state index is 12.4. The molecule has 0 atom stereocenters. The van der Waals surface area contributed by atoms with Crippen molar-refractivity contribution in [2.45, 2.75) is 18.2 Å². The summed E-state index contributed by atoms with van der Waals surface area (Å²) in [7, 11) is 0. The molecule has 0 saturated heterocycles. The molecule has 0 N–H and O–H groups in total. The maximum atomic E-state index is 12.4. The number of hydrogen-bond donors (Lipinski definition) is 0. The Bertz CT molecular complexity index is 929. The first kappa shape index (κ1) is 17.1. The van der Waals surface area contributed by atoms with E-state index in [0.717, 1.165) is 26.7 Å². The third-order valence-corrected chi connectivity index (χ3v) is 5.90. The van der Waals surface area contributed by atoms with Gasteiger partial charge in [0.05, 0.1) is 11.4 Å². The fraction of sp³-hybridized carbons (Fsp3) is 0.167. The van der Waals surface area contributed by atoms with Gasteiger partial charge in [0.15, 0.2) is 14.1 Å². The first-order valence-electron chi connectivity index (χ1n) is 7.43. The number of nitrogens with zero attached hydrogens (tertiary/aromatic N) is 2. The second-order valence-corrected chi connectivity index (χ2v) is 8.26. The quantitative estimate of drug-likeness (QED) is 0.348. The molecule has 0 unspecified atom stereocenters. The molecule has 1 aromatic heterocycles. The van der Waals surface area contributed by atoms with E-state index in [1.165, 1.54) is 23.1 Å². The molecule has 0 amide bonds. The molecule has 122 valence electrons. The summed E-state index contributed by atoms with van der Waals surface area (Å²) in [6, 6.07) is 15.7. The number of Topliss-reactive ketones (excluding diaryl/α,β-unsaturated/α-hetero) is 1. The molecule has 0 saturated carbocycles. The summed E-state index contributed by atoms with van der Waals surface area (Å²) in [4.78, 5) is 12.4. The Labute approximate surface area is 154 Å². The summed E-state index contributed by atoms with van der Waals surface area (Å²) in [6.45, 7) is 4.00. The second kappa shape index (κ2) is 7.42. The summed E-state index contributed by atoms with van der Waals surface area (Å²) < 4.78 is 3.23. The number of carbonyl (C=O) groups is 1. The van der Waals surface area contributed by atoms with Crippen LogP contribution in [0.25, 0.3) is 5.69 Å². The molecule has 0 aliphatic heterocycles. The molecule has 2 aromatic carbocycles. The van der Waals surface area contributed by atoms with E-state index in [9.17, 15) is 4.79 Å². The van der Waals surface area contributed by atoms with Crippen LogP contribution in [0.15, 0.2) is 52.9 Å². The van der Waals surface area contributed by atoms with Gasteiger partial charge in [-0.25, -0.2) is 4.68 Å². The van der Waals surface area contributed by atoms with Crippen molar-refractivity contribution in [3.05, 3.63) is 69.2 Å². The van der Waals surface area contributed by atoms with Gasteiger partial charge in [-0.15, -0.1) is 5.10 Å². The van der Waals surface area contributed by atoms with E-state index in [0.29, 0.717) is 9.71 Å². The van der Waals surface area contributed by atoms with Gasteiger partial charge in [-0.05, 0) is 43.8 Å². The Balaban J connectivity index is 1.73. The Morgan fingerprint density at radius 3 is 2.67 bits per heavy atom. The predicted molar refractivity (Wildman–Crippen MR) is 103 cm³/mol. The van der Waals surface area contributed by atoms with Gasteiger partial charge in [0, 0.05) is 5.56 Å². The number of ketones is 1. The Morgan fingerprint density at radius 1 is 1.21 bits per heavy atom. The lowest BCUT2D eigenvalue weighted by atomic mass is 10.0. The van der Waals surface area contributed by atoms with Gasteiger partial charge in [-0.2, -0.15) is 0 Å². The largest absolute Gasteiger partial charge is 0.293 e. The first-order valence-corrected chi connectivity index (χ1v) is 9.64. The molecule has 0 bridgehead atoms. The zero-order chi connectivity index (χ0) is 17.1. The van der Waals surface area contributed by atoms with Gasteiger partial charge in [-0.1, -0.05) is 65.1 Å². The predicted octanol–water partition coefficient (Wildman–Crippen LogP) is 5.26. The number of aromatic nitrogens is 2. The summed E-state index contributed by atoms with van der Waals surface area (Å²) in [5, 5.41) is 4.52. The highest BCUT2D eigenvalue weighted by atomic mass is 32.2. The van der Waals surface area contributed by atoms with Crippen LogP contribution < -0.4 is 0 Å². The molecule has 3 rings (SSSR count). The molecule has 24 heavy (non-hydrogen) atoms. The fourth-order valence-corrected chi connectivity index (χ4v) is 4.63. The summed E-state index contributed by atoms with van der Waals surface area (Å²) in [6.07, 6.45) is 0. The third kappa shape index (κ3) is 3.83. The van der Waals surface area contributed by atoms with Crippen molar-refractivity contribution in [1.82, 2.24) is 9.78 Å². The monoisotopic (exact) mass is 372 g/mol. The highest BCUT2D eigenvalue weighted by Crippen LogP contribution is 2.25. The average molecular weight is 373 g/mol. The Morgan fingerprint density at radius 2 is 1.96 bits per heavy atom. The van der Waals surface area contributed by atoms with Crippen molar-refractivity contribution in [2.24, 2.45) is 0 Å². The molecular weight excluding hydrogens is 356 g/mol. The van der Waals surface area contributed by atoms with Crippen molar-refractivity contribution in [3.63, 3.8) is 0 Å². The van der Waals surface area contributed by atoms with E-state index in [-0.39, 0.29) is 5.78 Å². The minimum atomic E-state index is 0.116. The van der Waals surface area contributed by atoms with E-state index in [1.807, 2.05) is 62.4 Å². The van der Waals surface area contributed by atoms with Crippen LogP contribution in [0.1, 0.15) is 21.5 Å². The van der Waals surface area contributed by atoms with E-state index in [4.69, 9.17) is 12.2 Å². The normalized spacial score (nSPS) is 10.8. The number of rotatable bonds is 5. The summed E-state index contributed by atoms with van der Waals surface area (Å²) >= 11 is 8.25. The Kier molecular flexibility index (Phi) is 5.28. The number of para-hydroxylation sites is 1. The minimum Gasteiger partial charge on any atom is -0.293 e. The summed E-state index contributed by atoms with van der Waals surface area (Å²) in [5.74, 6) is 0.478. The molecule has 0 aliphatic rings. The zero-order valence-electron chi connectivity index (χ0n) is 13.4. The van der Waals surface area contributed by atoms with E-state index >= 15 is 0 Å². The van der Waals surface area contributed by atoms with Crippen molar-refractivity contribution in [1.29, 1.82) is 0 Å². The number of carbonyl (C=O) groups excluding carboxylic acids is 1. The standard InChI is InChI=1S/C18H16N2OS3/c1-12-8-9-15(13(2)10-12)16(21)11-23-17-19-20(18(22)24-17)14-6-4-3-5-7-14/h3-10H,11H2,1-2H3. The lowest BCUT2D eigenvalue weighted by molar-refractivity contribution is 0.102. The number of benzene rings is 2. The molecule has 0 radical (unpaired) electrons. The highest BCUT2D eigenvalue weighted by molar-refractivity contribution is 8.01. The van der Waals surface area contributed by atoms with Gasteiger partial charge >= 0.3 is 0 Å². The van der Waals surface area contributed by atoms with Crippen LogP contribution in [0.3, 0.4) is 0 Å². The molecule has 3 nitrogen and oxygen atoms in total. The molecule has 0 spiro atoms.